The van der Waals surface area contributed by atoms with Crippen molar-refractivity contribution in [3.63, 3.8) is 0 Å². The highest BCUT2D eigenvalue weighted by Gasteiger charge is 2.44. The molecule has 3 fully saturated rings. The van der Waals surface area contributed by atoms with Crippen molar-refractivity contribution in [3.05, 3.63) is 35.9 Å². The van der Waals surface area contributed by atoms with Gasteiger partial charge in [0, 0.05) is 38.8 Å². The number of nitrogens with zero attached hydrogens (tertiary/aromatic N) is 2. The van der Waals surface area contributed by atoms with E-state index in [-0.39, 0.29) is 5.41 Å². The second-order valence-electron chi connectivity index (χ2n) is 7.98. The summed E-state index contributed by atoms with van der Waals surface area (Å²) in [5.74, 6) is 0.391. The predicted molar refractivity (Wildman–Crippen MR) is 101 cm³/mol. The second-order valence-corrected chi connectivity index (χ2v) is 7.98. The molecule has 1 aromatic carbocycles. The van der Waals surface area contributed by atoms with Crippen LogP contribution in [0.2, 0.25) is 0 Å². The van der Waals surface area contributed by atoms with Gasteiger partial charge >= 0.3 is 0 Å². The van der Waals surface area contributed by atoms with E-state index in [2.05, 4.69) is 45.4 Å². The van der Waals surface area contributed by atoms with E-state index in [1.165, 1.54) is 31.2 Å². The van der Waals surface area contributed by atoms with Gasteiger partial charge in [0.05, 0.1) is 5.41 Å². The van der Waals surface area contributed by atoms with E-state index in [0.29, 0.717) is 11.9 Å². The molecule has 1 aliphatic carbocycles. The van der Waals surface area contributed by atoms with Gasteiger partial charge in [-0.05, 0) is 31.4 Å². The Labute approximate surface area is 151 Å². The Morgan fingerprint density at radius 2 is 1.72 bits per heavy atom. The van der Waals surface area contributed by atoms with Gasteiger partial charge in [0.1, 0.15) is 0 Å². The number of amides is 1. The quantitative estimate of drug-likeness (QED) is 0.917. The Bertz CT molecular complexity index is 568. The van der Waals surface area contributed by atoms with E-state index >= 15 is 0 Å². The summed E-state index contributed by atoms with van der Waals surface area (Å²) in [6.07, 6.45) is 6.90. The van der Waals surface area contributed by atoms with Crippen molar-refractivity contribution in [1.29, 1.82) is 0 Å². The van der Waals surface area contributed by atoms with Gasteiger partial charge in [-0.2, -0.15) is 0 Å². The zero-order valence-corrected chi connectivity index (χ0v) is 15.3. The molecular formula is C21H31N3O. The summed E-state index contributed by atoms with van der Waals surface area (Å²) >= 11 is 0. The smallest absolute Gasteiger partial charge is 0.233 e. The molecule has 2 aliphatic heterocycles. The standard InChI is InChI=1S/C21H31N3O/c25-20(24-15-13-23(14-16-24)19-9-12-22-17-19)21(10-5-2-6-11-21)18-7-3-1-4-8-18/h1,3-4,7-8,19,22H,2,5-6,9-17H2/t19-/m0/s1. The largest absolute Gasteiger partial charge is 0.339 e. The maximum absolute atomic E-state index is 13.6. The van der Waals surface area contributed by atoms with E-state index in [1.807, 2.05) is 0 Å². The molecule has 0 radical (unpaired) electrons. The van der Waals surface area contributed by atoms with Gasteiger partial charge in [0.2, 0.25) is 5.91 Å². The minimum absolute atomic E-state index is 0.267. The van der Waals surface area contributed by atoms with Crippen LogP contribution in [-0.2, 0) is 10.2 Å². The van der Waals surface area contributed by atoms with Gasteiger partial charge in [0.15, 0.2) is 0 Å². The normalized spacial score (nSPS) is 27.4. The number of carbonyl (C=O) groups excluding carboxylic acids is 1. The van der Waals surface area contributed by atoms with Gasteiger partial charge < -0.3 is 10.2 Å². The molecule has 0 spiro atoms. The fourth-order valence-electron chi connectivity index (χ4n) is 5.08. The maximum Gasteiger partial charge on any atom is 0.233 e. The molecule has 136 valence electrons. The topological polar surface area (TPSA) is 35.6 Å². The van der Waals surface area contributed by atoms with E-state index in [4.69, 9.17) is 0 Å². The molecular weight excluding hydrogens is 310 g/mol. The van der Waals surface area contributed by atoms with Gasteiger partial charge in [-0.25, -0.2) is 0 Å². The van der Waals surface area contributed by atoms with E-state index in [1.54, 1.807) is 0 Å². The molecule has 25 heavy (non-hydrogen) atoms. The Balaban J connectivity index is 1.48. The van der Waals surface area contributed by atoms with Crippen LogP contribution in [0.5, 0.6) is 0 Å². The molecule has 2 saturated heterocycles. The van der Waals surface area contributed by atoms with Crippen LogP contribution in [0, 0.1) is 0 Å². The van der Waals surface area contributed by atoms with Gasteiger partial charge in [0.25, 0.3) is 0 Å². The fraction of sp³-hybridized carbons (Fsp3) is 0.667. The van der Waals surface area contributed by atoms with Crippen LogP contribution in [0.25, 0.3) is 0 Å². The summed E-state index contributed by atoms with van der Waals surface area (Å²) in [5, 5.41) is 3.46. The molecule has 4 heteroatoms. The van der Waals surface area contributed by atoms with Crippen LogP contribution in [0.3, 0.4) is 0 Å². The molecule has 1 atom stereocenters. The molecule has 4 nitrogen and oxygen atoms in total. The van der Waals surface area contributed by atoms with Gasteiger partial charge in [-0.15, -0.1) is 0 Å². The van der Waals surface area contributed by atoms with Crippen molar-refractivity contribution in [1.82, 2.24) is 15.1 Å². The molecule has 0 aromatic heterocycles. The van der Waals surface area contributed by atoms with Crippen LogP contribution >= 0.6 is 0 Å². The first-order valence-electron chi connectivity index (χ1n) is 10.1. The lowest BCUT2D eigenvalue weighted by molar-refractivity contribution is -0.141. The number of rotatable bonds is 3. The monoisotopic (exact) mass is 341 g/mol. The van der Waals surface area contributed by atoms with E-state index in [9.17, 15) is 4.79 Å². The van der Waals surface area contributed by atoms with Crippen molar-refractivity contribution in [2.24, 2.45) is 0 Å². The fourth-order valence-corrected chi connectivity index (χ4v) is 5.08. The first-order valence-corrected chi connectivity index (χ1v) is 10.1. The van der Waals surface area contributed by atoms with Crippen molar-refractivity contribution >= 4 is 5.91 Å². The van der Waals surface area contributed by atoms with Crippen molar-refractivity contribution in [3.8, 4) is 0 Å². The summed E-state index contributed by atoms with van der Waals surface area (Å²) < 4.78 is 0. The molecule has 1 amide bonds. The highest BCUT2D eigenvalue weighted by Crippen LogP contribution is 2.41. The Hall–Kier alpha value is -1.39. The van der Waals surface area contributed by atoms with Crippen molar-refractivity contribution < 1.29 is 4.79 Å². The molecule has 1 N–H and O–H groups in total. The Morgan fingerprint density at radius 3 is 2.36 bits per heavy atom. The first-order chi connectivity index (χ1) is 12.3. The van der Waals surface area contributed by atoms with Crippen molar-refractivity contribution in [2.75, 3.05) is 39.3 Å². The third kappa shape index (κ3) is 3.34. The summed E-state index contributed by atoms with van der Waals surface area (Å²) in [4.78, 5) is 18.3. The molecule has 0 bridgehead atoms. The summed E-state index contributed by atoms with van der Waals surface area (Å²) in [5.41, 5.74) is 0.971. The molecule has 2 heterocycles. The number of hydrogen-bond acceptors (Lipinski definition) is 3. The van der Waals surface area contributed by atoms with Crippen LogP contribution in [-0.4, -0.2) is 61.0 Å². The maximum atomic E-state index is 13.6. The van der Waals surface area contributed by atoms with Crippen LogP contribution in [0.15, 0.2) is 30.3 Å². The number of piperazine rings is 1. The summed E-state index contributed by atoms with van der Waals surface area (Å²) in [6, 6.07) is 11.2. The number of nitrogens with one attached hydrogen (secondary N) is 1. The predicted octanol–water partition coefficient (Wildman–Crippen LogP) is 2.39. The van der Waals surface area contributed by atoms with Gasteiger partial charge in [-0.3, -0.25) is 9.69 Å². The van der Waals surface area contributed by atoms with Crippen LogP contribution in [0.4, 0.5) is 0 Å². The van der Waals surface area contributed by atoms with Crippen molar-refractivity contribution in [2.45, 2.75) is 50.0 Å². The lowest BCUT2D eigenvalue weighted by atomic mass is 9.68. The highest BCUT2D eigenvalue weighted by atomic mass is 16.2. The number of benzene rings is 1. The third-order valence-corrected chi connectivity index (χ3v) is 6.60. The molecule has 0 unspecified atom stereocenters. The third-order valence-electron chi connectivity index (χ3n) is 6.60. The minimum Gasteiger partial charge on any atom is -0.339 e. The van der Waals surface area contributed by atoms with E-state index in [0.717, 1.165) is 52.1 Å². The molecule has 1 aromatic rings. The lowest BCUT2D eigenvalue weighted by Crippen LogP contribution is -2.57. The first kappa shape index (κ1) is 17.0. The highest BCUT2D eigenvalue weighted by molar-refractivity contribution is 5.88. The number of hydrogen-bond donors (Lipinski definition) is 1. The second kappa shape index (κ2) is 7.46. The SMILES string of the molecule is O=C(N1CCN([C@H]2CCNC2)CC1)C1(c2ccccc2)CCCCC1. The van der Waals surface area contributed by atoms with E-state index < -0.39 is 0 Å². The zero-order chi connectivity index (χ0) is 17.1. The molecule has 1 saturated carbocycles. The molecule has 4 rings (SSSR count). The zero-order valence-electron chi connectivity index (χ0n) is 15.3. The Morgan fingerprint density at radius 1 is 1.00 bits per heavy atom. The summed E-state index contributed by atoms with van der Waals surface area (Å²) in [6.45, 7) is 6.10. The summed E-state index contributed by atoms with van der Waals surface area (Å²) in [7, 11) is 0. The molecule has 3 aliphatic rings. The lowest BCUT2D eigenvalue weighted by Gasteiger charge is -2.44. The Kier molecular flexibility index (Phi) is 5.09. The number of carbonyl (C=O) groups is 1. The van der Waals surface area contributed by atoms with Crippen LogP contribution in [0.1, 0.15) is 44.1 Å². The average Bonchev–Trinajstić information content (AvgIpc) is 3.24. The van der Waals surface area contributed by atoms with Crippen LogP contribution < -0.4 is 5.32 Å². The average molecular weight is 341 g/mol. The van der Waals surface area contributed by atoms with Gasteiger partial charge in [-0.1, -0.05) is 49.6 Å². The minimum atomic E-state index is -0.267.